The van der Waals surface area contributed by atoms with E-state index in [1.807, 2.05) is 0 Å². The Balaban J connectivity index is 2.29. The third-order valence-electron chi connectivity index (χ3n) is 2.67. The first-order valence-electron chi connectivity index (χ1n) is 5.52. The monoisotopic (exact) mass is 318 g/mol. The lowest BCUT2D eigenvalue weighted by Gasteiger charge is -2.09. The maximum absolute atomic E-state index is 13.8. The van der Waals surface area contributed by atoms with Crippen molar-refractivity contribution in [1.82, 2.24) is 14.5 Å². The van der Waals surface area contributed by atoms with Crippen molar-refractivity contribution in [2.45, 2.75) is 11.4 Å². The average molecular weight is 319 g/mol. The number of hydrogen-bond donors (Lipinski definition) is 2. The van der Waals surface area contributed by atoms with E-state index in [0.717, 1.165) is 12.1 Å². The molecule has 0 amide bonds. The lowest BCUT2D eigenvalue weighted by molar-refractivity contribution is 0.554. The maximum Gasteiger partial charge on any atom is 0.243 e. The van der Waals surface area contributed by atoms with Crippen LogP contribution in [0.5, 0.6) is 0 Å². The Kier molecular flexibility index (Phi) is 3.98. The maximum atomic E-state index is 13.8. The molecule has 0 fully saturated rings. The Bertz CT molecular complexity index is 745. The fourth-order valence-electron chi connectivity index (χ4n) is 1.60. The second-order valence-corrected chi connectivity index (χ2v) is 6.23. The van der Waals surface area contributed by atoms with Gasteiger partial charge in [-0.2, -0.15) is 5.10 Å². The molecule has 2 aromatic rings. The molecule has 0 radical (unpaired) electrons. The average Bonchev–Trinajstić information content (AvgIpc) is 2.77. The van der Waals surface area contributed by atoms with Crippen molar-refractivity contribution in [3.05, 3.63) is 40.9 Å². The summed E-state index contributed by atoms with van der Waals surface area (Å²) in [5, 5.41) is 3.56. The van der Waals surface area contributed by atoms with Crippen LogP contribution in [0.3, 0.4) is 0 Å². The van der Waals surface area contributed by atoms with Gasteiger partial charge in [-0.15, -0.1) is 0 Å². The molecule has 0 saturated carbocycles. The third kappa shape index (κ3) is 2.92. The lowest BCUT2D eigenvalue weighted by atomic mass is 10.3. The van der Waals surface area contributed by atoms with Gasteiger partial charge in [0.2, 0.25) is 10.0 Å². The van der Waals surface area contributed by atoms with E-state index in [0.29, 0.717) is 5.69 Å². The molecule has 20 heavy (non-hydrogen) atoms. The predicted octanol–water partition coefficient (Wildman–Crippen LogP) is 1.27. The van der Waals surface area contributed by atoms with Crippen LogP contribution in [0, 0.1) is 5.82 Å². The third-order valence-corrected chi connectivity index (χ3v) is 4.35. The highest BCUT2D eigenvalue weighted by atomic mass is 35.5. The summed E-state index contributed by atoms with van der Waals surface area (Å²) in [6.45, 7) is -0.0231. The minimum absolute atomic E-state index is 0.0231. The van der Waals surface area contributed by atoms with Gasteiger partial charge in [0.1, 0.15) is 4.90 Å². The Morgan fingerprint density at radius 1 is 1.50 bits per heavy atom. The number of anilines is 1. The molecule has 9 heteroatoms. The van der Waals surface area contributed by atoms with Crippen LogP contribution in [0.1, 0.15) is 5.69 Å². The molecule has 2 rings (SSSR count). The van der Waals surface area contributed by atoms with Gasteiger partial charge in [-0.3, -0.25) is 4.68 Å². The molecular formula is C11H12ClFN4O2S. The first kappa shape index (κ1) is 14.8. The second kappa shape index (κ2) is 5.39. The summed E-state index contributed by atoms with van der Waals surface area (Å²) >= 11 is 5.59. The molecule has 0 spiro atoms. The minimum Gasteiger partial charge on any atom is -0.399 e. The van der Waals surface area contributed by atoms with Gasteiger partial charge in [0, 0.05) is 18.9 Å². The predicted molar refractivity (Wildman–Crippen MR) is 73.1 cm³/mol. The molecule has 0 aliphatic rings. The Morgan fingerprint density at radius 3 is 2.80 bits per heavy atom. The number of halogens is 2. The zero-order chi connectivity index (χ0) is 14.9. The Morgan fingerprint density at radius 2 is 2.20 bits per heavy atom. The smallest absolute Gasteiger partial charge is 0.243 e. The number of nitrogen functional groups attached to an aromatic ring is 1. The number of aryl methyl sites for hydroxylation is 1. The fourth-order valence-corrected chi connectivity index (χ4v) is 3.02. The van der Waals surface area contributed by atoms with Crippen molar-refractivity contribution in [3.8, 4) is 0 Å². The molecule has 0 aliphatic heterocycles. The van der Waals surface area contributed by atoms with Gasteiger partial charge in [-0.05, 0) is 18.2 Å². The van der Waals surface area contributed by atoms with Crippen LogP contribution in [0.4, 0.5) is 10.1 Å². The van der Waals surface area contributed by atoms with Crippen LogP contribution in [-0.2, 0) is 23.6 Å². The number of nitrogens with two attached hydrogens (primary N) is 1. The van der Waals surface area contributed by atoms with Crippen LogP contribution in [0.25, 0.3) is 0 Å². The SMILES string of the molecule is Cn1nccc1CNS(=O)(=O)c1cc(N)cc(Cl)c1F. The van der Waals surface area contributed by atoms with Gasteiger partial charge in [-0.1, -0.05) is 11.6 Å². The summed E-state index contributed by atoms with van der Waals surface area (Å²) in [4.78, 5) is -0.579. The first-order valence-corrected chi connectivity index (χ1v) is 7.38. The molecule has 0 bridgehead atoms. The molecule has 1 aromatic carbocycles. The van der Waals surface area contributed by atoms with E-state index < -0.39 is 20.7 Å². The highest BCUT2D eigenvalue weighted by molar-refractivity contribution is 7.89. The Hall–Kier alpha value is -1.64. The van der Waals surface area contributed by atoms with Crippen LogP contribution < -0.4 is 10.5 Å². The van der Waals surface area contributed by atoms with Crippen molar-refractivity contribution in [2.75, 3.05) is 5.73 Å². The summed E-state index contributed by atoms with van der Waals surface area (Å²) in [7, 11) is -2.39. The molecule has 0 aliphatic carbocycles. The van der Waals surface area contributed by atoms with Gasteiger partial charge < -0.3 is 5.73 Å². The van der Waals surface area contributed by atoms with E-state index in [2.05, 4.69) is 9.82 Å². The molecule has 0 atom stereocenters. The van der Waals surface area contributed by atoms with Crippen molar-refractivity contribution in [1.29, 1.82) is 0 Å². The van der Waals surface area contributed by atoms with E-state index in [9.17, 15) is 12.8 Å². The molecule has 1 aromatic heterocycles. The standard InChI is InChI=1S/C11H12ClFN4O2S/c1-17-8(2-3-15-17)6-16-20(18,19)10-5-7(14)4-9(12)11(10)13/h2-5,16H,6,14H2,1H3. The molecule has 0 saturated heterocycles. The van der Waals surface area contributed by atoms with Crippen molar-refractivity contribution < 1.29 is 12.8 Å². The number of nitrogens with one attached hydrogen (secondary N) is 1. The Labute approximate surface area is 120 Å². The normalized spacial score (nSPS) is 11.8. The zero-order valence-electron chi connectivity index (χ0n) is 10.5. The van der Waals surface area contributed by atoms with E-state index in [1.54, 1.807) is 13.1 Å². The highest BCUT2D eigenvalue weighted by Crippen LogP contribution is 2.25. The first-order chi connectivity index (χ1) is 9.31. The zero-order valence-corrected chi connectivity index (χ0v) is 12.0. The number of rotatable bonds is 4. The molecule has 108 valence electrons. The van der Waals surface area contributed by atoms with Crippen molar-refractivity contribution in [2.24, 2.45) is 7.05 Å². The van der Waals surface area contributed by atoms with Crippen LogP contribution in [-0.4, -0.2) is 18.2 Å². The van der Waals surface area contributed by atoms with E-state index in [1.165, 1.54) is 10.9 Å². The van der Waals surface area contributed by atoms with Crippen molar-refractivity contribution in [3.63, 3.8) is 0 Å². The molecule has 6 nitrogen and oxygen atoms in total. The largest absolute Gasteiger partial charge is 0.399 e. The highest BCUT2D eigenvalue weighted by Gasteiger charge is 2.22. The number of nitrogens with zero attached hydrogens (tertiary/aromatic N) is 2. The van der Waals surface area contributed by atoms with Crippen molar-refractivity contribution >= 4 is 27.3 Å². The summed E-state index contributed by atoms with van der Waals surface area (Å²) in [5.41, 5.74) is 6.18. The second-order valence-electron chi connectivity index (χ2n) is 4.09. The summed E-state index contributed by atoms with van der Waals surface area (Å²) in [6.07, 6.45) is 1.53. The van der Waals surface area contributed by atoms with Gasteiger partial charge >= 0.3 is 0 Å². The number of aromatic nitrogens is 2. The number of sulfonamides is 1. The summed E-state index contributed by atoms with van der Waals surface area (Å²) in [6, 6.07) is 3.81. The molecule has 0 unspecified atom stereocenters. The van der Waals surface area contributed by atoms with Crippen LogP contribution >= 0.6 is 11.6 Å². The lowest BCUT2D eigenvalue weighted by Crippen LogP contribution is -2.25. The van der Waals surface area contributed by atoms with Gasteiger partial charge in [0.15, 0.2) is 5.82 Å². The van der Waals surface area contributed by atoms with Crippen LogP contribution in [0.15, 0.2) is 29.3 Å². The molecular weight excluding hydrogens is 307 g/mol. The van der Waals surface area contributed by atoms with Crippen LogP contribution in [0.2, 0.25) is 5.02 Å². The number of benzene rings is 1. The van der Waals surface area contributed by atoms with Gasteiger partial charge in [0.05, 0.1) is 17.3 Å². The van der Waals surface area contributed by atoms with Gasteiger partial charge in [-0.25, -0.2) is 17.5 Å². The van der Waals surface area contributed by atoms with E-state index in [-0.39, 0.29) is 17.3 Å². The minimum atomic E-state index is -4.06. The topological polar surface area (TPSA) is 90.0 Å². The van der Waals surface area contributed by atoms with Gasteiger partial charge in [0.25, 0.3) is 0 Å². The fraction of sp³-hybridized carbons (Fsp3) is 0.182. The van der Waals surface area contributed by atoms with E-state index >= 15 is 0 Å². The molecule has 1 heterocycles. The quantitative estimate of drug-likeness (QED) is 0.831. The number of hydrogen-bond acceptors (Lipinski definition) is 4. The molecule has 3 N–H and O–H groups in total. The summed E-state index contributed by atoms with van der Waals surface area (Å²) in [5.74, 6) is -1.03. The van der Waals surface area contributed by atoms with E-state index in [4.69, 9.17) is 17.3 Å². The summed E-state index contributed by atoms with van der Waals surface area (Å²) < 4.78 is 41.7.